The first-order valence-electron chi connectivity index (χ1n) is 4.65. The minimum atomic E-state index is -3.08. The molecule has 0 fully saturated rings. The summed E-state index contributed by atoms with van der Waals surface area (Å²) in [6.07, 6.45) is 1.28. The summed E-state index contributed by atoms with van der Waals surface area (Å²) in [6, 6.07) is 6.95. The molecule has 14 heavy (non-hydrogen) atoms. The third kappa shape index (κ3) is 2.84. The van der Waals surface area contributed by atoms with E-state index in [4.69, 9.17) is 0 Å². The third-order valence-corrected chi connectivity index (χ3v) is 3.86. The maximum absolute atomic E-state index is 11.7. The predicted molar refractivity (Wildman–Crippen MR) is 57.8 cm³/mol. The van der Waals surface area contributed by atoms with E-state index in [0.29, 0.717) is 17.7 Å². The summed E-state index contributed by atoms with van der Waals surface area (Å²) >= 11 is 0. The van der Waals surface area contributed by atoms with Gasteiger partial charge in [0.2, 0.25) is 0 Å². The van der Waals surface area contributed by atoms with Crippen molar-refractivity contribution in [2.45, 2.75) is 24.7 Å². The molecular weight excluding hydrogens is 196 g/mol. The quantitative estimate of drug-likeness (QED) is 0.766. The van der Waals surface area contributed by atoms with E-state index >= 15 is 0 Å². The Kier molecular flexibility index (Phi) is 3.69. The summed E-state index contributed by atoms with van der Waals surface area (Å²) < 4.78 is 23.3. The summed E-state index contributed by atoms with van der Waals surface area (Å²) in [6.45, 7) is 5.57. The van der Waals surface area contributed by atoms with Crippen LogP contribution < -0.4 is 0 Å². The topological polar surface area (TPSA) is 34.1 Å². The van der Waals surface area contributed by atoms with E-state index in [1.54, 1.807) is 12.1 Å². The van der Waals surface area contributed by atoms with Crippen LogP contribution in [0.4, 0.5) is 0 Å². The fourth-order valence-corrected chi connectivity index (χ4v) is 2.53. The van der Waals surface area contributed by atoms with Crippen LogP contribution in [0.25, 0.3) is 0 Å². The zero-order chi connectivity index (χ0) is 10.6. The normalized spacial score (nSPS) is 11.6. The van der Waals surface area contributed by atoms with Crippen LogP contribution in [0.15, 0.2) is 29.2 Å². The van der Waals surface area contributed by atoms with E-state index in [9.17, 15) is 8.42 Å². The molecule has 0 spiro atoms. The summed E-state index contributed by atoms with van der Waals surface area (Å²) in [5, 5.41) is 0. The first-order valence-corrected chi connectivity index (χ1v) is 6.30. The van der Waals surface area contributed by atoms with Gasteiger partial charge in [-0.25, -0.2) is 8.42 Å². The minimum absolute atomic E-state index is 0.194. The van der Waals surface area contributed by atoms with Gasteiger partial charge in [0.15, 0.2) is 9.84 Å². The van der Waals surface area contributed by atoms with Crippen molar-refractivity contribution in [3.63, 3.8) is 0 Å². The van der Waals surface area contributed by atoms with Gasteiger partial charge in [0.1, 0.15) is 0 Å². The van der Waals surface area contributed by atoms with Crippen LogP contribution in [-0.2, 0) is 9.84 Å². The molecule has 0 aliphatic rings. The van der Waals surface area contributed by atoms with Gasteiger partial charge in [-0.05, 0) is 25.5 Å². The summed E-state index contributed by atoms with van der Waals surface area (Å²) in [4.78, 5) is 0.413. The van der Waals surface area contributed by atoms with Crippen LogP contribution in [0.5, 0.6) is 0 Å². The number of hydrogen-bond donors (Lipinski definition) is 0. The molecule has 0 saturated heterocycles. The van der Waals surface area contributed by atoms with E-state index in [0.717, 1.165) is 5.56 Å². The van der Waals surface area contributed by atoms with Crippen molar-refractivity contribution >= 4 is 9.84 Å². The standard InChI is InChI=1S/C11H15O2S/c1-3-4-9-14(12,13)11-7-5-10(2)6-8-11/h5-8H,1,3-4,9H2,2H3. The Morgan fingerprint density at radius 2 is 1.79 bits per heavy atom. The molecule has 0 unspecified atom stereocenters. The van der Waals surface area contributed by atoms with Crippen molar-refractivity contribution in [1.29, 1.82) is 0 Å². The highest BCUT2D eigenvalue weighted by atomic mass is 32.2. The highest BCUT2D eigenvalue weighted by molar-refractivity contribution is 7.91. The Bertz CT molecular complexity index is 376. The number of rotatable bonds is 4. The molecule has 0 amide bonds. The Labute approximate surface area is 85.9 Å². The minimum Gasteiger partial charge on any atom is -0.224 e. The van der Waals surface area contributed by atoms with Gasteiger partial charge in [-0.15, -0.1) is 0 Å². The number of unbranched alkanes of at least 4 members (excludes halogenated alkanes) is 1. The van der Waals surface area contributed by atoms with E-state index in [-0.39, 0.29) is 5.75 Å². The molecule has 1 rings (SSSR count). The molecule has 0 aromatic heterocycles. The molecule has 0 aliphatic heterocycles. The number of aryl methyl sites for hydroxylation is 1. The van der Waals surface area contributed by atoms with Crippen LogP contribution >= 0.6 is 0 Å². The maximum Gasteiger partial charge on any atom is 0.178 e. The van der Waals surface area contributed by atoms with E-state index in [1.807, 2.05) is 19.1 Å². The first kappa shape index (κ1) is 11.2. The van der Waals surface area contributed by atoms with Crippen molar-refractivity contribution in [2.75, 3.05) is 5.75 Å². The van der Waals surface area contributed by atoms with E-state index in [1.165, 1.54) is 0 Å². The lowest BCUT2D eigenvalue weighted by molar-refractivity contribution is 0.593. The van der Waals surface area contributed by atoms with Gasteiger partial charge < -0.3 is 0 Å². The van der Waals surface area contributed by atoms with Crippen molar-refractivity contribution < 1.29 is 8.42 Å². The lowest BCUT2D eigenvalue weighted by Crippen LogP contribution is -2.06. The van der Waals surface area contributed by atoms with Crippen molar-refractivity contribution in [3.8, 4) is 0 Å². The SMILES string of the molecule is [CH2]CCCS(=O)(=O)c1ccc(C)cc1. The van der Waals surface area contributed by atoms with Crippen LogP contribution in [0.1, 0.15) is 18.4 Å². The summed E-state index contributed by atoms with van der Waals surface area (Å²) in [5.74, 6) is 0.194. The molecule has 0 N–H and O–H groups in total. The zero-order valence-corrected chi connectivity index (χ0v) is 9.18. The Morgan fingerprint density at radius 1 is 1.21 bits per heavy atom. The maximum atomic E-state index is 11.7. The summed E-state index contributed by atoms with van der Waals surface area (Å²) in [7, 11) is -3.08. The van der Waals surface area contributed by atoms with Crippen LogP contribution in [0.3, 0.4) is 0 Å². The van der Waals surface area contributed by atoms with Crippen molar-refractivity contribution in [3.05, 3.63) is 36.8 Å². The molecular formula is C11H15O2S. The fourth-order valence-electron chi connectivity index (χ4n) is 1.16. The van der Waals surface area contributed by atoms with Gasteiger partial charge in [0, 0.05) is 0 Å². The Hall–Kier alpha value is -0.830. The van der Waals surface area contributed by atoms with Gasteiger partial charge in [-0.2, -0.15) is 0 Å². The second-order valence-corrected chi connectivity index (χ2v) is 5.45. The fraction of sp³-hybridized carbons (Fsp3) is 0.364. The van der Waals surface area contributed by atoms with Gasteiger partial charge in [-0.1, -0.05) is 31.0 Å². The molecule has 1 aromatic carbocycles. The second-order valence-electron chi connectivity index (χ2n) is 3.34. The largest absolute Gasteiger partial charge is 0.224 e. The molecule has 0 heterocycles. The molecule has 0 atom stereocenters. The number of hydrogen-bond acceptors (Lipinski definition) is 2. The van der Waals surface area contributed by atoms with Gasteiger partial charge in [0.25, 0.3) is 0 Å². The van der Waals surface area contributed by atoms with Gasteiger partial charge in [-0.3, -0.25) is 0 Å². The third-order valence-electron chi connectivity index (χ3n) is 2.04. The molecule has 1 aromatic rings. The molecule has 1 radical (unpaired) electrons. The molecule has 77 valence electrons. The van der Waals surface area contributed by atoms with Crippen LogP contribution in [0.2, 0.25) is 0 Å². The lowest BCUT2D eigenvalue weighted by atomic mass is 10.2. The highest BCUT2D eigenvalue weighted by Gasteiger charge is 2.12. The van der Waals surface area contributed by atoms with E-state index < -0.39 is 9.84 Å². The first-order chi connectivity index (χ1) is 6.56. The van der Waals surface area contributed by atoms with Crippen molar-refractivity contribution in [1.82, 2.24) is 0 Å². The molecule has 0 aliphatic carbocycles. The van der Waals surface area contributed by atoms with Crippen LogP contribution in [0, 0.1) is 13.8 Å². The molecule has 0 bridgehead atoms. The van der Waals surface area contributed by atoms with Crippen molar-refractivity contribution in [2.24, 2.45) is 0 Å². The molecule has 0 saturated carbocycles. The molecule has 3 heteroatoms. The Morgan fingerprint density at radius 3 is 2.29 bits per heavy atom. The van der Waals surface area contributed by atoms with Crippen LogP contribution in [-0.4, -0.2) is 14.2 Å². The summed E-state index contributed by atoms with van der Waals surface area (Å²) in [5.41, 5.74) is 1.07. The molecule has 2 nitrogen and oxygen atoms in total. The highest BCUT2D eigenvalue weighted by Crippen LogP contribution is 2.13. The predicted octanol–water partition coefficient (Wildman–Crippen LogP) is 2.38. The monoisotopic (exact) mass is 211 g/mol. The lowest BCUT2D eigenvalue weighted by Gasteiger charge is -2.03. The second kappa shape index (κ2) is 4.60. The van der Waals surface area contributed by atoms with Gasteiger partial charge >= 0.3 is 0 Å². The smallest absolute Gasteiger partial charge is 0.178 e. The number of benzene rings is 1. The number of sulfone groups is 1. The average Bonchev–Trinajstić information content (AvgIpc) is 2.16. The zero-order valence-electron chi connectivity index (χ0n) is 8.36. The van der Waals surface area contributed by atoms with E-state index in [2.05, 4.69) is 6.92 Å². The van der Waals surface area contributed by atoms with Gasteiger partial charge in [0.05, 0.1) is 10.6 Å². The Balaban J connectivity index is 2.87. The average molecular weight is 211 g/mol.